The lowest BCUT2D eigenvalue weighted by molar-refractivity contribution is 0.0477. The predicted octanol–water partition coefficient (Wildman–Crippen LogP) is 1.34. The summed E-state index contributed by atoms with van der Waals surface area (Å²) in [7, 11) is 0. The molecule has 0 aromatic carbocycles. The quantitative estimate of drug-likeness (QED) is 0.798. The van der Waals surface area contributed by atoms with E-state index < -0.39 is 0 Å². The van der Waals surface area contributed by atoms with Crippen LogP contribution in [0, 0.1) is 0 Å². The van der Waals surface area contributed by atoms with Gasteiger partial charge in [-0.1, -0.05) is 18.5 Å². The van der Waals surface area contributed by atoms with Gasteiger partial charge in [-0.3, -0.25) is 0 Å². The molecule has 3 atom stereocenters. The Labute approximate surface area is 107 Å². The average Bonchev–Trinajstić information content (AvgIpc) is 2.97. The normalized spacial score (nSPS) is 25.5. The third-order valence-electron chi connectivity index (χ3n) is 3.07. The molecule has 2 heterocycles. The van der Waals surface area contributed by atoms with E-state index in [2.05, 4.69) is 22.4 Å². The van der Waals surface area contributed by atoms with E-state index in [4.69, 9.17) is 9.26 Å². The SMILES string of the molecule is CCCC(OCC)c1noc([C@@H]2C[C@@H](O)CN2)n1. The van der Waals surface area contributed by atoms with Crippen LogP contribution >= 0.6 is 0 Å². The van der Waals surface area contributed by atoms with Gasteiger partial charge in [0.05, 0.1) is 12.1 Å². The Kier molecular flexibility index (Phi) is 4.68. The molecule has 2 N–H and O–H groups in total. The van der Waals surface area contributed by atoms with E-state index in [0.29, 0.717) is 31.3 Å². The Hall–Kier alpha value is -0.980. The van der Waals surface area contributed by atoms with Crippen LogP contribution in [0.2, 0.25) is 0 Å². The van der Waals surface area contributed by atoms with Crippen LogP contribution in [0.4, 0.5) is 0 Å². The standard InChI is InChI=1S/C12H21N3O3/c1-3-5-10(17-4-2)11-14-12(18-15-11)9-6-8(16)7-13-9/h8-10,13,16H,3-7H2,1-2H3/t8-,9+,10?/m1/s1. The van der Waals surface area contributed by atoms with Crippen molar-refractivity contribution in [3.05, 3.63) is 11.7 Å². The van der Waals surface area contributed by atoms with E-state index in [9.17, 15) is 5.11 Å². The molecular formula is C12H21N3O3. The van der Waals surface area contributed by atoms with Gasteiger partial charge < -0.3 is 19.7 Å². The maximum atomic E-state index is 9.47. The highest BCUT2D eigenvalue weighted by atomic mass is 16.5. The number of β-amino-alcohol motifs (C(OH)–C–C–N with tert-alkyl or cyclic N) is 1. The molecule has 1 aromatic rings. The molecule has 6 nitrogen and oxygen atoms in total. The van der Waals surface area contributed by atoms with Gasteiger partial charge in [-0.25, -0.2) is 0 Å². The van der Waals surface area contributed by atoms with Crippen molar-refractivity contribution in [2.75, 3.05) is 13.2 Å². The second kappa shape index (κ2) is 6.26. The zero-order chi connectivity index (χ0) is 13.0. The van der Waals surface area contributed by atoms with E-state index in [1.54, 1.807) is 0 Å². The summed E-state index contributed by atoms with van der Waals surface area (Å²) in [5, 5.41) is 16.6. The van der Waals surface area contributed by atoms with E-state index in [0.717, 1.165) is 12.8 Å². The number of aliphatic hydroxyl groups is 1. The molecule has 6 heteroatoms. The minimum Gasteiger partial charge on any atom is -0.392 e. The van der Waals surface area contributed by atoms with E-state index >= 15 is 0 Å². The maximum absolute atomic E-state index is 9.47. The summed E-state index contributed by atoms with van der Waals surface area (Å²) in [6, 6.07) is -0.0369. The van der Waals surface area contributed by atoms with Crippen LogP contribution < -0.4 is 5.32 Å². The van der Waals surface area contributed by atoms with Crippen molar-refractivity contribution in [1.82, 2.24) is 15.5 Å². The van der Waals surface area contributed by atoms with E-state index in [1.165, 1.54) is 0 Å². The largest absolute Gasteiger partial charge is 0.392 e. The van der Waals surface area contributed by atoms with Crippen molar-refractivity contribution in [2.24, 2.45) is 0 Å². The van der Waals surface area contributed by atoms with Gasteiger partial charge in [0.1, 0.15) is 6.10 Å². The summed E-state index contributed by atoms with van der Waals surface area (Å²) >= 11 is 0. The number of hydrogen-bond donors (Lipinski definition) is 2. The van der Waals surface area contributed by atoms with E-state index in [1.807, 2.05) is 6.92 Å². The fourth-order valence-corrected chi connectivity index (χ4v) is 2.18. The van der Waals surface area contributed by atoms with Crippen LogP contribution in [0.15, 0.2) is 4.52 Å². The molecule has 1 saturated heterocycles. The predicted molar refractivity (Wildman–Crippen MR) is 64.9 cm³/mol. The maximum Gasteiger partial charge on any atom is 0.243 e. The van der Waals surface area contributed by atoms with Gasteiger partial charge in [0.2, 0.25) is 11.7 Å². The number of rotatable bonds is 6. The highest BCUT2D eigenvalue weighted by Gasteiger charge is 2.29. The fraction of sp³-hybridized carbons (Fsp3) is 0.833. The molecule has 0 amide bonds. The van der Waals surface area contributed by atoms with Crippen LogP contribution in [0.25, 0.3) is 0 Å². The van der Waals surface area contributed by atoms with Crippen LogP contribution in [0.1, 0.15) is 57.0 Å². The number of nitrogens with one attached hydrogen (secondary N) is 1. The van der Waals surface area contributed by atoms with Gasteiger partial charge in [0, 0.05) is 13.2 Å². The fourth-order valence-electron chi connectivity index (χ4n) is 2.18. The molecule has 1 aliphatic heterocycles. The topological polar surface area (TPSA) is 80.4 Å². The van der Waals surface area contributed by atoms with Gasteiger partial charge in [-0.2, -0.15) is 4.98 Å². The number of nitrogens with zero attached hydrogens (tertiary/aromatic N) is 2. The van der Waals surface area contributed by atoms with Gasteiger partial charge in [0.25, 0.3) is 0 Å². The summed E-state index contributed by atoms with van der Waals surface area (Å²) in [5.74, 6) is 1.15. The summed E-state index contributed by atoms with van der Waals surface area (Å²) in [6.07, 6.45) is 2.09. The van der Waals surface area contributed by atoms with Crippen LogP contribution in [0.5, 0.6) is 0 Å². The number of hydrogen-bond acceptors (Lipinski definition) is 6. The third kappa shape index (κ3) is 3.07. The van der Waals surface area contributed by atoms with Crippen LogP contribution in [-0.2, 0) is 4.74 Å². The van der Waals surface area contributed by atoms with Crippen molar-refractivity contribution in [2.45, 2.75) is 51.4 Å². The highest BCUT2D eigenvalue weighted by molar-refractivity contribution is 4.99. The summed E-state index contributed by atoms with van der Waals surface area (Å²) in [6.45, 7) is 5.27. The molecule has 102 valence electrons. The first-order valence-electron chi connectivity index (χ1n) is 6.61. The molecule has 1 aromatic heterocycles. The Bertz CT molecular complexity index is 363. The van der Waals surface area contributed by atoms with Gasteiger partial charge in [-0.15, -0.1) is 0 Å². The monoisotopic (exact) mass is 255 g/mol. The first-order chi connectivity index (χ1) is 8.74. The zero-order valence-corrected chi connectivity index (χ0v) is 10.9. The lowest BCUT2D eigenvalue weighted by Crippen LogP contribution is -2.15. The molecule has 1 fully saturated rings. The highest BCUT2D eigenvalue weighted by Crippen LogP contribution is 2.25. The number of aromatic nitrogens is 2. The summed E-state index contributed by atoms with van der Waals surface area (Å²) in [4.78, 5) is 4.39. The van der Waals surface area contributed by atoms with Crippen molar-refractivity contribution < 1.29 is 14.4 Å². The number of aliphatic hydroxyl groups excluding tert-OH is 1. The summed E-state index contributed by atoms with van der Waals surface area (Å²) in [5.41, 5.74) is 0. The van der Waals surface area contributed by atoms with Gasteiger partial charge in [0.15, 0.2) is 0 Å². The average molecular weight is 255 g/mol. The molecule has 0 bridgehead atoms. The molecule has 1 unspecified atom stereocenters. The molecule has 0 aliphatic carbocycles. The lowest BCUT2D eigenvalue weighted by atomic mass is 10.2. The molecule has 0 radical (unpaired) electrons. The first kappa shape index (κ1) is 13.5. The molecule has 18 heavy (non-hydrogen) atoms. The number of ether oxygens (including phenoxy) is 1. The van der Waals surface area contributed by atoms with Crippen LogP contribution in [0.3, 0.4) is 0 Å². The Morgan fingerprint density at radius 3 is 3.00 bits per heavy atom. The molecule has 2 rings (SSSR count). The van der Waals surface area contributed by atoms with Gasteiger partial charge in [-0.05, 0) is 19.8 Å². The molecule has 1 aliphatic rings. The minimum absolute atomic E-state index is 0.0369. The lowest BCUT2D eigenvalue weighted by Gasteiger charge is -2.11. The Morgan fingerprint density at radius 1 is 1.56 bits per heavy atom. The third-order valence-corrected chi connectivity index (χ3v) is 3.07. The van der Waals surface area contributed by atoms with E-state index in [-0.39, 0.29) is 18.2 Å². The second-order valence-corrected chi connectivity index (χ2v) is 4.57. The van der Waals surface area contributed by atoms with Crippen molar-refractivity contribution in [3.63, 3.8) is 0 Å². The van der Waals surface area contributed by atoms with Gasteiger partial charge >= 0.3 is 0 Å². The minimum atomic E-state index is -0.330. The second-order valence-electron chi connectivity index (χ2n) is 4.57. The molecular weight excluding hydrogens is 234 g/mol. The Morgan fingerprint density at radius 2 is 2.39 bits per heavy atom. The molecule has 0 spiro atoms. The molecule has 0 saturated carbocycles. The first-order valence-corrected chi connectivity index (χ1v) is 6.61. The summed E-state index contributed by atoms with van der Waals surface area (Å²) < 4.78 is 10.9. The van der Waals surface area contributed by atoms with Crippen molar-refractivity contribution in [3.8, 4) is 0 Å². The zero-order valence-electron chi connectivity index (χ0n) is 10.9. The van der Waals surface area contributed by atoms with Crippen LogP contribution in [-0.4, -0.2) is 34.5 Å². The van der Waals surface area contributed by atoms with Crippen molar-refractivity contribution in [1.29, 1.82) is 0 Å². The smallest absolute Gasteiger partial charge is 0.243 e. The van der Waals surface area contributed by atoms with Crippen molar-refractivity contribution >= 4 is 0 Å². The Balaban J connectivity index is 2.03.